The molecule has 0 radical (unpaired) electrons. The summed E-state index contributed by atoms with van der Waals surface area (Å²) in [6, 6.07) is 4.48. The maximum atomic E-state index is 12.1. The Hall–Kier alpha value is -2.15. The molecule has 0 aliphatic carbocycles. The first-order valence-electron chi connectivity index (χ1n) is 7.54. The highest BCUT2D eigenvalue weighted by Crippen LogP contribution is 2.25. The summed E-state index contributed by atoms with van der Waals surface area (Å²) in [5, 5.41) is 16.9. The van der Waals surface area contributed by atoms with E-state index in [4.69, 9.17) is 4.74 Å². The van der Waals surface area contributed by atoms with Crippen LogP contribution in [0.4, 0.5) is 11.4 Å². The average molecular weight is 307 g/mol. The van der Waals surface area contributed by atoms with Gasteiger partial charge in [0.1, 0.15) is 5.69 Å². The van der Waals surface area contributed by atoms with Gasteiger partial charge in [0.25, 0.3) is 11.6 Å². The van der Waals surface area contributed by atoms with Gasteiger partial charge in [-0.05, 0) is 31.4 Å². The fraction of sp³-hybridized carbons (Fsp3) is 0.533. The van der Waals surface area contributed by atoms with Gasteiger partial charge in [-0.25, -0.2) is 0 Å². The smallest absolute Gasteiger partial charge is 0.293 e. The maximum Gasteiger partial charge on any atom is 0.293 e. The van der Waals surface area contributed by atoms with Crippen LogP contribution < -0.4 is 10.6 Å². The highest BCUT2D eigenvalue weighted by Gasteiger charge is 2.19. The van der Waals surface area contributed by atoms with Crippen LogP contribution in [0.5, 0.6) is 0 Å². The van der Waals surface area contributed by atoms with Crippen molar-refractivity contribution in [2.24, 2.45) is 0 Å². The monoisotopic (exact) mass is 307 g/mol. The van der Waals surface area contributed by atoms with E-state index in [1.54, 1.807) is 12.1 Å². The summed E-state index contributed by atoms with van der Waals surface area (Å²) in [5.74, 6) is -0.319. The number of anilines is 1. The fourth-order valence-electron chi connectivity index (χ4n) is 2.35. The number of carbonyl (C=O) groups excluding carboxylic acids is 1. The van der Waals surface area contributed by atoms with Crippen molar-refractivity contribution in [2.75, 3.05) is 25.0 Å². The van der Waals surface area contributed by atoms with E-state index in [9.17, 15) is 14.9 Å². The van der Waals surface area contributed by atoms with E-state index >= 15 is 0 Å². The summed E-state index contributed by atoms with van der Waals surface area (Å²) in [5.41, 5.74) is 0.632. The minimum atomic E-state index is -0.477. The number of benzene rings is 1. The molecule has 0 bridgehead atoms. The molecule has 22 heavy (non-hydrogen) atoms. The Labute approximate surface area is 129 Å². The van der Waals surface area contributed by atoms with Crippen molar-refractivity contribution in [3.63, 3.8) is 0 Å². The number of rotatable bonds is 7. The Kier molecular flexibility index (Phi) is 5.71. The van der Waals surface area contributed by atoms with E-state index in [2.05, 4.69) is 10.6 Å². The standard InChI is InChI=1S/C15H21N3O4/c1-2-7-16-13-6-5-11(9-14(13)18(20)21)15(19)17-10-12-4-3-8-22-12/h5-6,9,12,16H,2-4,7-8,10H2,1H3,(H,17,19)/t12-/m1/s1. The summed E-state index contributed by atoms with van der Waals surface area (Å²) >= 11 is 0. The van der Waals surface area contributed by atoms with Crippen LogP contribution in [0.3, 0.4) is 0 Å². The number of amides is 1. The van der Waals surface area contributed by atoms with Crippen molar-refractivity contribution < 1.29 is 14.5 Å². The molecule has 1 aliphatic heterocycles. The Morgan fingerprint density at radius 2 is 2.32 bits per heavy atom. The zero-order valence-corrected chi connectivity index (χ0v) is 12.6. The van der Waals surface area contributed by atoms with Crippen LogP contribution in [-0.2, 0) is 4.74 Å². The van der Waals surface area contributed by atoms with Gasteiger partial charge in [-0.2, -0.15) is 0 Å². The number of nitro benzene ring substituents is 1. The van der Waals surface area contributed by atoms with Gasteiger partial charge in [0, 0.05) is 31.3 Å². The minimum Gasteiger partial charge on any atom is -0.380 e. The third kappa shape index (κ3) is 4.17. The third-order valence-electron chi connectivity index (χ3n) is 3.54. The molecule has 1 aromatic carbocycles. The van der Waals surface area contributed by atoms with Gasteiger partial charge in [0.15, 0.2) is 0 Å². The summed E-state index contributed by atoms with van der Waals surface area (Å²) in [6.07, 6.45) is 2.84. The van der Waals surface area contributed by atoms with E-state index in [0.717, 1.165) is 25.9 Å². The summed E-state index contributed by atoms with van der Waals surface area (Å²) in [7, 11) is 0. The minimum absolute atomic E-state index is 0.0458. The molecule has 1 saturated heterocycles. The van der Waals surface area contributed by atoms with Crippen molar-refractivity contribution in [2.45, 2.75) is 32.3 Å². The largest absolute Gasteiger partial charge is 0.380 e. The Morgan fingerprint density at radius 3 is 2.95 bits per heavy atom. The van der Waals surface area contributed by atoms with Crippen LogP contribution in [0, 0.1) is 10.1 Å². The van der Waals surface area contributed by atoms with Gasteiger partial charge in [-0.1, -0.05) is 6.92 Å². The van der Waals surface area contributed by atoms with Crippen LogP contribution >= 0.6 is 0 Å². The van der Waals surface area contributed by atoms with Crippen LogP contribution in [0.1, 0.15) is 36.5 Å². The van der Waals surface area contributed by atoms with E-state index in [0.29, 0.717) is 18.8 Å². The Morgan fingerprint density at radius 1 is 1.50 bits per heavy atom. The lowest BCUT2D eigenvalue weighted by Gasteiger charge is -2.11. The van der Waals surface area contributed by atoms with Gasteiger partial charge in [0.05, 0.1) is 11.0 Å². The molecule has 1 aromatic rings. The van der Waals surface area contributed by atoms with Crippen molar-refractivity contribution in [3.05, 3.63) is 33.9 Å². The molecule has 1 aliphatic rings. The van der Waals surface area contributed by atoms with Gasteiger partial charge in [-0.3, -0.25) is 14.9 Å². The topological polar surface area (TPSA) is 93.5 Å². The molecule has 1 atom stereocenters. The molecule has 0 saturated carbocycles. The molecule has 0 aromatic heterocycles. The number of nitro groups is 1. The zero-order chi connectivity index (χ0) is 15.9. The second-order valence-electron chi connectivity index (χ2n) is 5.26. The summed E-state index contributed by atoms with van der Waals surface area (Å²) in [6.45, 7) is 3.78. The number of hydrogen-bond donors (Lipinski definition) is 2. The van der Waals surface area contributed by atoms with Crippen molar-refractivity contribution in [1.82, 2.24) is 5.32 Å². The molecule has 1 fully saturated rings. The molecule has 2 rings (SSSR count). The predicted octanol–water partition coefficient (Wildman–Crippen LogP) is 2.33. The second kappa shape index (κ2) is 7.74. The Balaban J connectivity index is 2.04. The number of nitrogens with one attached hydrogen (secondary N) is 2. The Bertz CT molecular complexity index is 542. The van der Waals surface area contributed by atoms with Crippen molar-refractivity contribution >= 4 is 17.3 Å². The first-order chi connectivity index (χ1) is 10.6. The van der Waals surface area contributed by atoms with Crippen LogP contribution in [0.2, 0.25) is 0 Å². The van der Waals surface area contributed by atoms with Crippen LogP contribution in [0.25, 0.3) is 0 Å². The molecular formula is C15H21N3O4. The summed E-state index contributed by atoms with van der Waals surface area (Å²) in [4.78, 5) is 22.8. The van der Waals surface area contributed by atoms with E-state index < -0.39 is 4.92 Å². The molecule has 7 nitrogen and oxygen atoms in total. The van der Waals surface area contributed by atoms with Gasteiger partial charge in [-0.15, -0.1) is 0 Å². The predicted molar refractivity (Wildman–Crippen MR) is 83.2 cm³/mol. The van der Waals surface area contributed by atoms with Crippen molar-refractivity contribution in [3.8, 4) is 0 Å². The fourth-order valence-corrected chi connectivity index (χ4v) is 2.35. The molecule has 7 heteroatoms. The highest BCUT2D eigenvalue weighted by atomic mass is 16.6. The third-order valence-corrected chi connectivity index (χ3v) is 3.54. The highest BCUT2D eigenvalue weighted by molar-refractivity contribution is 5.95. The second-order valence-corrected chi connectivity index (χ2v) is 5.26. The maximum absolute atomic E-state index is 12.1. The van der Waals surface area contributed by atoms with Crippen LogP contribution in [0.15, 0.2) is 18.2 Å². The molecule has 0 spiro atoms. The van der Waals surface area contributed by atoms with E-state index in [1.807, 2.05) is 6.92 Å². The number of nitrogens with zero attached hydrogens (tertiary/aromatic N) is 1. The van der Waals surface area contributed by atoms with Crippen LogP contribution in [-0.4, -0.2) is 36.6 Å². The normalized spacial score (nSPS) is 17.2. The molecule has 1 amide bonds. The molecular weight excluding hydrogens is 286 g/mol. The zero-order valence-electron chi connectivity index (χ0n) is 12.6. The summed E-state index contributed by atoms with van der Waals surface area (Å²) < 4.78 is 5.43. The van der Waals surface area contributed by atoms with Gasteiger partial charge >= 0.3 is 0 Å². The van der Waals surface area contributed by atoms with E-state index in [1.165, 1.54) is 6.07 Å². The lowest BCUT2D eigenvalue weighted by Crippen LogP contribution is -2.31. The molecule has 1 heterocycles. The molecule has 120 valence electrons. The number of hydrogen-bond acceptors (Lipinski definition) is 5. The molecule has 0 unspecified atom stereocenters. The average Bonchev–Trinajstić information content (AvgIpc) is 3.03. The first kappa shape index (κ1) is 16.2. The lowest BCUT2D eigenvalue weighted by molar-refractivity contribution is -0.384. The SMILES string of the molecule is CCCNc1ccc(C(=O)NC[C@H]2CCCO2)cc1[N+](=O)[O-]. The molecule has 2 N–H and O–H groups in total. The van der Waals surface area contributed by atoms with Gasteiger partial charge < -0.3 is 15.4 Å². The first-order valence-corrected chi connectivity index (χ1v) is 7.54. The lowest BCUT2D eigenvalue weighted by atomic mass is 10.1. The quantitative estimate of drug-likeness (QED) is 0.595. The van der Waals surface area contributed by atoms with Gasteiger partial charge in [0.2, 0.25) is 0 Å². The van der Waals surface area contributed by atoms with Crippen molar-refractivity contribution in [1.29, 1.82) is 0 Å². The number of ether oxygens (including phenoxy) is 1. The number of carbonyl (C=O) groups is 1. The van der Waals surface area contributed by atoms with E-state index in [-0.39, 0.29) is 23.3 Å².